The van der Waals surface area contributed by atoms with Gasteiger partial charge in [-0.1, -0.05) is 16.8 Å². The standard InChI is InChI=1S/C9H5ClIN3O2/c10-5-1-6(11)9(15)8-7(5)12-2-4(14-8)3-13-16/h1-3,15-16H/b13-3+. The highest BCUT2D eigenvalue weighted by atomic mass is 127. The Morgan fingerprint density at radius 2 is 2.19 bits per heavy atom. The van der Waals surface area contributed by atoms with Crippen LogP contribution in [0, 0.1) is 3.57 Å². The van der Waals surface area contributed by atoms with Crippen LogP contribution in [0.15, 0.2) is 17.4 Å². The van der Waals surface area contributed by atoms with Crippen molar-refractivity contribution in [2.24, 2.45) is 5.16 Å². The third kappa shape index (κ3) is 1.90. The van der Waals surface area contributed by atoms with E-state index in [0.717, 1.165) is 6.21 Å². The molecule has 16 heavy (non-hydrogen) atoms. The Balaban J connectivity index is 2.81. The van der Waals surface area contributed by atoms with Crippen LogP contribution in [-0.2, 0) is 0 Å². The van der Waals surface area contributed by atoms with Gasteiger partial charge in [0.25, 0.3) is 0 Å². The predicted octanol–water partition coefficient (Wildman–Crippen LogP) is 2.40. The van der Waals surface area contributed by atoms with Gasteiger partial charge in [0.2, 0.25) is 0 Å². The number of aromatic nitrogens is 2. The predicted molar refractivity (Wildman–Crippen MR) is 68.3 cm³/mol. The highest BCUT2D eigenvalue weighted by molar-refractivity contribution is 14.1. The summed E-state index contributed by atoms with van der Waals surface area (Å²) in [5.74, 6) is 0.0145. The van der Waals surface area contributed by atoms with Crippen molar-refractivity contribution < 1.29 is 10.3 Å². The highest BCUT2D eigenvalue weighted by Gasteiger charge is 2.11. The number of oxime groups is 1. The van der Waals surface area contributed by atoms with E-state index < -0.39 is 0 Å². The van der Waals surface area contributed by atoms with Crippen LogP contribution in [0.3, 0.4) is 0 Å². The summed E-state index contributed by atoms with van der Waals surface area (Å²) in [6.07, 6.45) is 2.53. The van der Waals surface area contributed by atoms with Crippen LogP contribution in [-0.4, -0.2) is 26.5 Å². The van der Waals surface area contributed by atoms with Gasteiger partial charge in [-0.3, -0.25) is 4.98 Å². The maximum absolute atomic E-state index is 9.80. The van der Waals surface area contributed by atoms with E-state index in [0.29, 0.717) is 19.8 Å². The zero-order chi connectivity index (χ0) is 11.7. The lowest BCUT2D eigenvalue weighted by Gasteiger charge is -2.04. The molecule has 2 rings (SSSR count). The molecule has 0 saturated carbocycles. The van der Waals surface area contributed by atoms with Crippen LogP contribution in [0.4, 0.5) is 0 Å². The zero-order valence-electron chi connectivity index (χ0n) is 7.72. The van der Waals surface area contributed by atoms with Crippen molar-refractivity contribution in [2.75, 3.05) is 0 Å². The van der Waals surface area contributed by atoms with Crippen LogP contribution >= 0.6 is 34.2 Å². The van der Waals surface area contributed by atoms with Crippen molar-refractivity contribution in [3.05, 3.63) is 26.5 Å². The van der Waals surface area contributed by atoms with E-state index in [1.54, 1.807) is 6.07 Å². The molecular formula is C9H5ClIN3O2. The number of aromatic hydroxyl groups is 1. The summed E-state index contributed by atoms with van der Waals surface area (Å²) in [6, 6.07) is 1.61. The molecule has 2 aromatic rings. The lowest BCUT2D eigenvalue weighted by atomic mass is 10.2. The second-order valence-corrected chi connectivity index (χ2v) is 4.49. The summed E-state index contributed by atoms with van der Waals surface area (Å²) in [5.41, 5.74) is 1.03. The summed E-state index contributed by atoms with van der Waals surface area (Å²) in [4.78, 5) is 8.12. The maximum atomic E-state index is 9.80. The molecule has 0 aliphatic carbocycles. The van der Waals surface area contributed by atoms with Crippen molar-refractivity contribution in [2.45, 2.75) is 0 Å². The van der Waals surface area contributed by atoms with Gasteiger partial charge in [0.1, 0.15) is 16.7 Å². The van der Waals surface area contributed by atoms with E-state index in [9.17, 15) is 5.11 Å². The summed E-state index contributed by atoms with van der Waals surface area (Å²) in [6.45, 7) is 0. The van der Waals surface area contributed by atoms with Gasteiger partial charge in [-0.25, -0.2) is 4.98 Å². The molecule has 0 unspecified atom stereocenters. The molecule has 1 heterocycles. The fourth-order valence-corrected chi connectivity index (χ4v) is 2.22. The second kappa shape index (κ2) is 4.38. The summed E-state index contributed by atoms with van der Waals surface area (Å²) in [7, 11) is 0. The molecule has 0 fully saturated rings. The number of phenolic OH excluding ortho intramolecular Hbond substituents is 1. The first-order valence-electron chi connectivity index (χ1n) is 4.14. The summed E-state index contributed by atoms with van der Waals surface area (Å²) < 4.78 is 0.586. The Kier molecular flexibility index (Phi) is 3.10. The molecule has 0 atom stereocenters. The first-order chi connectivity index (χ1) is 7.63. The Morgan fingerprint density at radius 3 is 2.88 bits per heavy atom. The summed E-state index contributed by atoms with van der Waals surface area (Å²) >= 11 is 7.91. The second-order valence-electron chi connectivity index (χ2n) is 2.93. The normalized spacial score (nSPS) is 11.4. The Bertz CT molecular complexity index is 588. The number of nitrogens with zero attached hydrogens (tertiary/aromatic N) is 3. The molecule has 0 saturated heterocycles. The van der Waals surface area contributed by atoms with Gasteiger partial charge >= 0.3 is 0 Å². The van der Waals surface area contributed by atoms with Crippen molar-refractivity contribution >= 4 is 51.4 Å². The van der Waals surface area contributed by atoms with Crippen LogP contribution in [0.2, 0.25) is 5.02 Å². The number of benzene rings is 1. The average Bonchev–Trinajstić information content (AvgIpc) is 2.26. The van der Waals surface area contributed by atoms with Crippen LogP contribution < -0.4 is 0 Å². The van der Waals surface area contributed by atoms with Gasteiger partial charge in [0, 0.05) is 0 Å². The van der Waals surface area contributed by atoms with Crippen LogP contribution in [0.5, 0.6) is 5.75 Å². The van der Waals surface area contributed by atoms with Crippen molar-refractivity contribution in [1.82, 2.24) is 9.97 Å². The molecule has 7 heteroatoms. The van der Waals surface area contributed by atoms with Crippen molar-refractivity contribution in [1.29, 1.82) is 0 Å². The fourth-order valence-electron chi connectivity index (χ4n) is 1.23. The minimum atomic E-state index is 0.0145. The van der Waals surface area contributed by atoms with Crippen LogP contribution in [0.1, 0.15) is 5.69 Å². The molecule has 0 bridgehead atoms. The number of hydrogen-bond donors (Lipinski definition) is 2. The fraction of sp³-hybridized carbons (Fsp3) is 0. The molecule has 0 amide bonds. The zero-order valence-corrected chi connectivity index (χ0v) is 10.6. The molecule has 0 radical (unpaired) electrons. The average molecular weight is 350 g/mol. The minimum Gasteiger partial charge on any atom is -0.505 e. The third-order valence-corrected chi connectivity index (χ3v) is 3.02. The molecule has 1 aromatic heterocycles. The molecule has 0 aliphatic heterocycles. The van der Waals surface area contributed by atoms with Crippen molar-refractivity contribution in [3.8, 4) is 5.75 Å². The van der Waals surface area contributed by atoms with E-state index in [2.05, 4.69) is 15.1 Å². The maximum Gasteiger partial charge on any atom is 0.156 e. The topological polar surface area (TPSA) is 78.6 Å². The van der Waals surface area contributed by atoms with Gasteiger partial charge < -0.3 is 10.3 Å². The quantitative estimate of drug-likeness (QED) is 0.359. The van der Waals surface area contributed by atoms with E-state index in [1.807, 2.05) is 22.6 Å². The first kappa shape index (κ1) is 11.3. The molecular weight excluding hydrogens is 344 g/mol. The molecule has 82 valence electrons. The Hall–Kier alpha value is -1.15. The van der Waals surface area contributed by atoms with Crippen LogP contribution in [0.25, 0.3) is 11.0 Å². The van der Waals surface area contributed by atoms with E-state index in [1.165, 1.54) is 6.20 Å². The molecule has 0 spiro atoms. The van der Waals surface area contributed by atoms with E-state index in [4.69, 9.17) is 16.8 Å². The lowest BCUT2D eigenvalue weighted by molar-refractivity contribution is 0.321. The van der Waals surface area contributed by atoms with Gasteiger partial charge in [-0.15, -0.1) is 0 Å². The number of phenols is 1. The van der Waals surface area contributed by atoms with Gasteiger partial charge in [-0.2, -0.15) is 0 Å². The lowest BCUT2D eigenvalue weighted by Crippen LogP contribution is -1.93. The SMILES string of the molecule is O/N=C/c1cnc2c(Cl)cc(I)c(O)c2n1. The third-order valence-electron chi connectivity index (χ3n) is 1.91. The smallest absolute Gasteiger partial charge is 0.156 e. The minimum absolute atomic E-state index is 0.0145. The number of halogens is 2. The molecule has 0 aliphatic rings. The molecule has 2 N–H and O–H groups in total. The van der Waals surface area contributed by atoms with E-state index >= 15 is 0 Å². The first-order valence-corrected chi connectivity index (χ1v) is 5.60. The largest absolute Gasteiger partial charge is 0.505 e. The summed E-state index contributed by atoms with van der Waals surface area (Å²) in [5, 5.41) is 21.4. The highest BCUT2D eigenvalue weighted by Crippen LogP contribution is 2.32. The number of hydrogen-bond acceptors (Lipinski definition) is 5. The Labute approximate surface area is 109 Å². The number of rotatable bonds is 1. The molecule has 1 aromatic carbocycles. The van der Waals surface area contributed by atoms with E-state index in [-0.39, 0.29) is 11.3 Å². The monoisotopic (exact) mass is 349 g/mol. The van der Waals surface area contributed by atoms with Crippen molar-refractivity contribution in [3.63, 3.8) is 0 Å². The van der Waals surface area contributed by atoms with Gasteiger partial charge in [0.15, 0.2) is 5.75 Å². The van der Waals surface area contributed by atoms with Gasteiger partial charge in [-0.05, 0) is 28.7 Å². The molecule has 5 nitrogen and oxygen atoms in total. The number of fused-ring (bicyclic) bond motifs is 1. The van der Waals surface area contributed by atoms with Gasteiger partial charge in [0.05, 0.1) is 21.0 Å². The Morgan fingerprint density at radius 1 is 1.44 bits per heavy atom.